The number of anilines is 1. The maximum Gasteiger partial charge on any atom is 0.258 e. The highest BCUT2D eigenvalue weighted by molar-refractivity contribution is 7.98. The molecule has 1 aliphatic rings. The maximum atomic E-state index is 12.3. The van der Waals surface area contributed by atoms with Gasteiger partial charge in [0, 0.05) is 16.2 Å². The zero-order chi connectivity index (χ0) is 14.1. The number of halogens is 1. The lowest BCUT2D eigenvalue weighted by molar-refractivity contribution is 0.102. The lowest BCUT2D eigenvalue weighted by Crippen LogP contribution is -2.12. The van der Waals surface area contributed by atoms with Crippen LogP contribution in [0.2, 0.25) is 5.02 Å². The number of hydrogen-bond donors (Lipinski definition) is 1. The highest BCUT2D eigenvalue weighted by atomic mass is 35.5. The molecule has 0 spiro atoms. The summed E-state index contributed by atoms with van der Waals surface area (Å²) in [6.45, 7) is 0. The van der Waals surface area contributed by atoms with E-state index in [1.165, 1.54) is 24.2 Å². The predicted octanol–water partition coefficient (Wildman–Crippen LogP) is 4.65. The van der Waals surface area contributed by atoms with Gasteiger partial charge < -0.3 is 0 Å². The summed E-state index contributed by atoms with van der Waals surface area (Å²) in [6.07, 6.45) is 4.38. The monoisotopic (exact) mass is 324 g/mol. The molecule has 1 heterocycles. The molecule has 0 unspecified atom stereocenters. The number of carbonyl (C=O) groups is 1. The molecule has 0 bridgehead atoms. The van der Waals surface area contributed by atoms with Crippen molar-refractivity contribution in [2.45, 2.75) is 23.7 Å². The molecule has 0 radical (unpaired) electrons. The standard InChI is InChI=1S/C14H13ClN2OS2/c1-19-9-4-5-11(15)10(6-9)13(18)17-14-16-12(7-20-14)8-2-3-8/h4-8H,2-3H2,1H3,(H,16,17,18). The largest absolute Gasteiger partial charge is 0.298 e. The molecule has 1 N–H and O–H groups in total. The summed E-state index contributed by atoms with van der Waals surface area (Å²) < 4.78 is 0. The van der Waals surface area contributed by atoms with Crippen molar-refractivity contribution >= 4 is 45.7 Å². The first-order valence-electron chi connectivity index (χ1n) is 6.27. The van der Waals surface area contributed by atoms with E-state index in [9.17, 15) is 4.79 Å². The van der Waals surface area contributed by atoms with Gasteiger partial charge in [-0.1, -0.05) is 11.6 Å². The molecule has 104 valence electrons. The molecule has 1 saturated carbocycles. The molecule has 1 aromatic carbocycles. The van der Waals surface area contributed by atoms with Gasteiger partial charge in [0.25, 0.3) is 5.91 Å². The number of rotatable bonds is 4. The van der Waals surface area contributed by atoms with Crippen molar-refractivity contribution in [3.05, 3.63) is 39.9 Å². The summed E-state index contributed by atoms with van der Waals surface area (Å²) in [5.74, 6) is 0.392. The number of carbonyl (C=O) groups excluding carboxylic acids is 1. The fraction of sp³-hybridized carbons (Fsp3) is 0.286. The fourth-order valence-electron chi connectivity index (χ4n) is 1.88. The van der Waals surface area contributed by atoms with Crippen molar-refractivity contribution in [1.29, 1.82) is 0 Å². The molecule has 1 aliphatic carbocycles. The first-order chi connectivity index (χ1) is 9.67. The van der Waals surface area contributed by atoms with E-state index in [-0.39, 0.29) is 5.91 Å². The summed E-state index contributed by atoms with van der Waals surface area (Å²) in [4.78, 5) is 17.7. The van der Waals surface area contributed by atoms with Gasteiger partial charge in [-0.25, -0.2) is 4.98 Å². The smallest absolute Gasteiger partial charge is 0.258 e. The van der Waals surface area contributed by atoms with Gasteiger partial charge in [-0.3, -0.25) is 10.1 Å². The minimum absolute atomic E-state index is 0.206. The van der Waals surface area contributed by atoms with E-state index in [1.807, 2.05) is 17.7 Å². The lowest BCUT2D eigenvalue weighted by Gasteiger charge is -2.06. The molecule has 2 aromatic rings. The number of nitrogens with one attached hydrogen (secondary N) is 1. The van der Waals surface area contributed by atoms with Crippen molar-refractivity contribution in [1.82, 2.24) is 4.98 Å². The van der Waals surface area contributed by atoms with Gasteiger partial charge in [0.2, 0.25) is 0 Å². The van der Waals surface area contributed by atoms with Gasteiger partial charge in [-0.15, -0.1) is 23.1 Å². The van der Waals surface area contributed by atoms with Crippen LogP contribution in [-0.2, 0) is 0 Å². The van der Waals surface area contributed by atoms with E-state index in [4.69, 9.17) is 11.6 Å². The third kappa shape index (κ3) is 3.00. The Morgan fingerprint density at radius 1 is 1.50 bits per heavy atom. The van der Waals surface area contributed by atoms with Crippen LogP contribution >= 0.6 is 34.7 Å². The number of thiazole rings is 1. The second-order valence-electron chi connectivity index (χ2n) is 4.65. The number of amides is 1. The van der Waals surface area contributed by atoms with E-state index in [2.05, 4.69) is 10.3 Å². The summed E-state index contributed by atoms with van der Waals surface area (Å²) >= 11 is 9.14. The molecule has 6 heteroatoms. The summed E-state index contributed by atoms with van der Waals surface area (Å²) in [5, 5.41) is 5.95. The number of nitrogens with zero attached hydrogens (tertiary/aromatic N) is 1. The average Bonchev–Trinajstić information content (AvgIpc) is 3.20. The Hall–Kier alpha value is -1.04. The first-order valence-corrected chi connectivity index (χ1v) is 8.76. The Kier molecular flexibility index (Phi) is 4.01. The molecule has 3 rings (SSSR count). The second-order valence-corrected chi connectivity index (χ2v) is 6.80. The molecule has 20 heavy (non-hydrogen) atoms. The predicted molar refractivity (Wildman–Crippen MR) is 85.3 cm³/mol. The minimum atomic E-state index is -0.206. The van der Waals surface area contributed by atoms with Crippen LogP contribution in [-0.4, -0.2) is 17.1 Å². The van der Waals surface area contributed by atoms with Gasteiger partial charge in [-0.05, 0) is 37.3 Å². The lowest BCUT2D eigenvalue weighted by atomic mass is 10.2. The van der Waals surface area contributed by atoms with Crippen LogP contribution in [0.15, 0.2) is 28.5 Å². The van der Waals surface area contributed by atoms with Crippen molar-refractivity contribution in [2.24, 2.45) is 0 Å². The summed E-state index contributed by atoms with van der Waals surface area (Å²) in [7, 11) is 0. The van der Waals surface area contributed by atoms with Crippen LogP contribution in [0.3, 0.4) is 0 Å². The maximum absolute atomic E-state index is 12.3. The first kappa shape index (κ1) is 13.9. The molecule has 3 nitrogen and oxygen atoms in total. The molecule has 1 amide bonds. The van der Waals surface area contributed by atoms with E-state index >= 15 is 0 Å². The third-order valence-corrected chi connectivity index (χ3v) is 4.99. The molecular weight excluding hydrogens is 312 g/mol. The van der Waals surface area contributed by atoms with Gasteiger partial charge in [-0.2, -0.15) is 0 Å². The molecule has 1 fully saturated rings. The van der Waals surface area contributed by atoms with Crippen molar-refractivity contribution in [3.8, 4) is 0 Å². The molecule has 0 saturated heterocycles. The number of benzene rings is 1. The zero-order valence-corrected chi connectivity index (χ0v) is 13.2. The van der Waals surface area contributed by atoms with Crippen LogP contribution in [0.5, 0.6) is 0 Å². The van der Waals surface area contributed by atoms with Crippen LogP contribution in [0.1, 0.15) is 34.8 Å². The zero-order valence-electron chi connectivity index (χ0n) is 10.9. The van der Waals surface area contributed by atoms with Crippen LogP contribution < -0.4 is 5.32 Å². The quantitative estimate of drug-likeness (QED) is 0.832. The Labute approximate surface area is 130 Å². The number of hydrogen-bond acceptors (Lipinski definition) is 4. The molecule has 1 aromatic heterocycles. The van der Waals surface area contributed by atoms with E-state index in [0.717, 1.165) is 10.6 Å². The fourth-order valence-corrected chi connectivity index (χ4v) is 3.31. The van der Waals surface area contributed by atoms with Gasteiger partial charge >= 0.3 is 0 Å². The Morgan fingerprint density at radius 2 is 2.30 bits per heavy atom. The van der Waals surface area contributed by atoms with Crippen molar-refractivity contribution in [2.75, 3.05) is 11.6 Å². The Bertz CT molecular complexity index is 652. The van der Waals surface area contributed by atoms with Gasteiger partial charge in [0.1, 0.15) is 0 Å². The number of thioether (sulfide) groups is 1. The SMILES string of the molecule is CSc1ccc(Cl)c(C(=O)Nc2nc(C3CC3)cs2)c1. The second kappa shape index (κ2) is 5.76. The van der Waals surface area contributed by atoms with Crippen LogP contribution in [0.25, 0.3) is 0 Å². The Balaban J connectivity index is 1.77. The summed E-state index contributed by atoms with van der Waals surface area (Å²) in [5.41, 5.74) is 1.58. The topological polar surface area (TPSA) is 42.0 Å². The average molecular weight is 325 g/mol. The minimum Gasteiger partial charge on any atom is -0.298 e. The summed E-state index contributed by atoms with van der Waals surface area (Å²) in [6, 6.07) is 5.45. The molecular formula is C14H13ClN2OS2. The van der Waals surface area contributed by atoms with Crippen molar-refractivity contribution in [3.63, 3.8) is 0 Å². The number of aromatic nitrogens is 1. The molecule has 0 aliphatic heterocycles. The van der Waals surface area contributed by atoms with E-state index in [1.54, 1.807) is 23.9 Å². The van der Waals surface area contributed by atoms with E-state index in [0.29, 0.717) is 21.6 Å². The van der Waals surface area contributed by atoms with Gasteiger partial charge in [0.05, 0.1) is 16.3 Å². The van der Waals surface area contributed by atoms with Crippen molar-refractivity contribution < 1.29 is 4.79 Å². The van der Waals surface area contributed by atoms with Gasteiger partial charge in [0.15, 0.2) is 5.13 Å². The Morgan fingerprint density at radius 3 is 3.00 bits per heavy atom. The third-order valence-electron chi connectivity index (χ3n) is 3.16. The van der Waals surface area contributed by atoms with E-state index < -0.39 is 0 Å². The highest BCUT2D eigenvalue weighted by Crippen LogP contribution is 2.41. The van der Waals surface area contributed by atoms with Crippen LogP contribution in [0, 0.1) is 0 Å². The molecule has 0 atom stereocenters. The normalized spacial score (nSPS) is 14.3. The van der Waals surface area contributed by atoms with Crippen LogP contribution in [0.4, 0.5) is 5.13 Å². The highest BCUT2D eigenvalue weighted by Gasteiger charge is 2.26.